The summed E-state index contributed by atoms with van der Waals surface area (Å²) >= 11 is 5.76. The standard InChI is InChI=1S/C13H17ClFNO3S/c1-3-4-5-6-16(2)20(18,19)12-8-11(14)7-10(9-17)13(12)15/h3,7-8,17H,1,4-6,9H2,2H3. The number of sulfonamides is 1. The van der Waals surface area contributed by atoms with Crippen molar-refractivity contribution in [2.75, 3.05) is 13.6 Å². The molecule has 0 bridgehead atoms. The molecule has 0 saturated heterocycles. The number of benzene rings is 1. The fourth-order valence-electron chi connectivity index (χ4n) is 1.67. The number of allylic oxidation sites excluding steroid dienone is 1. The van der Waals surface area contributed by atoms with Gasteiger partial charge in [0.25, 0.3) is 0 Å². The summed E-state index contributed by atoms with van der Waals surface area (Å²) in [5.41, 5.74) is -0.143. The van der Waals surface area contributed by atoms with Crippen molar-refractivity contribution in [3.8, 4) is 0 Å². The second-order valence-corrected chi connectivity index (χ2v) is 6.74. The van der Waals surface area contributed by atoms with Crippen molar-refractivity contribution in [1.29, 1.82) is 0 Å². The first-order valence-electron chi connectivity index (χ1n) is 6.00. The number of aliphatic hydroxyl groups excluding tert-OH is 1. The first kappa shape index (κ1) is 17.1. The molecule has 0 fully saturated rings. The first-order chi connectivity index (χ1) is 9.34. The summed E-state index contributed by atoms with van der Waals surface area (Å²) in [4.78, 5) is -0.518. The number of nitrogens with zero attached hydrogens (tertiary/aromatic N) is 1. The van der Waals surface area contributed by atoms with Crippen LogP contribution in [0.5, 0.6) is 0 Å². The Bertz CT molecular complexity index is 590. The van der Waals surface area contributed by atoms with Gasteiger partial charge in [-0.15, -0.1) is 6.58 Å². The van der Waals surface area contributed by atoms with E-state index in [1.54, 1.807) is 6.08 Å². The molecule has 0 heterocycles. The quantitative estimate of drug-likeness (QED) is 0.620. The molecule has 0 atom stereocenters. The number of unbranched alkanes of at least 4 members (excludes halogenated alkanes) is 1. The molecule has 0 aromatic heterocycles. The average Bonchev–Trinajstić information content (AvgIpc) is 2.40. The Morgan fingerprint density at radius 2 is 2.15 bits per heavy atom. The largest absolute Gasteiger partial charge is 0.392 e. The molecular weight excluding hydrogens is 305 g/mol. The lowest BCUT2D eigenvalue weighted by Gasteiger charge is -2.18. The van der Waals surface area contributed by atoms with Crippen LogP contribution in [0.1, 0.15) is 18.4 Å². The van der Waals surface area contributed by atoms with Gasteiger partial charge >= 0.3 is 0 Å². The molecule has 0 aliphatic heterocycles. The van der Waals surface area contributed by atoms with E-state index in [-0.39, 0.29) is 17.1 Å². The molecule has 0 aliphatic carbocycles. The molecule has 1 rings (SSSR count). The van der Waals surface area contributed by atoms with Gasteiger partial charge in [0.15, 0.2) is 0 Å². The van der Waals surface area contributed by atoms with Crippen molar-refractivity contribution >= 4 is 21.6 Å². The summed E-state index contributed by atoms with van der Waals surface area (Å²) in [5, 5.41) is 9.09. The second-order valence-electron chi connectivity index (χ2n) is 4.29. The molecule has 112 valence electrons. The van der Waals surface area contributed by atoms with Crippen LogP contribution in [0.2, 0.25) is 5.02 Å². The Balaban J connectivity index is 3.15. The van der Waals surface area contributed by atoms with Gasteiger partial charge in [-0.2, -0.15) is 0 Å². The van der Waals surface area contributed by atoms with E-state index in [1.165, 1.54) is 13.1 Å². The maximum atomic E-state index is 14.1. The smallest absolute Gasteiger partial charge is 0.245 e. The van der Waals surface area contributed by atoms with E-state index in [0.717, 1.165) is 10.4 Å². The Labute approximate surface area is 123 Å². The first-order valence-corrected chi connectivity index (χ1v) is 7.82. The number of aliphatic hydroxyl groups is 1. The molecule has 1 N–H and O–H groups in total. The van der Waals surface area contributed by atoms with Crippen LogP contribution in [0.15, 0.2) is 29.7 Å². The molecule has 0 amide bonds. The molecule has 20 heavy (non-hydrogen) atoms. The summed E-state index contributed by atoms with van der Waals surface area (Å²) in [6.45, 7) is 3.18. The summed E-state index contributed by atoms with van der Waals surface area (Å²) in [7, 11) is -2.60. The highest BCUT2D eigenvalue weighted by atomic mass is 35.5. The fourth-order valence-corrected chi connectivity index (χ4v) is 3.31. The second kappa shape index (κ2) is 7.17. The van der Waals surface area contributed by atoms with Gasteiger partial charge in [0.05, 0.1) is 6.61 Å². The Kier molecular flexibility index (Phi) is 6.13. The SMILES string of the molecule is C=CCCCN(C)S(=O)(=O)c1cc(Cl)cc(CO)c1F. The van der Waals surface area contributed by atoms with Gasteiger partial charge in [-0.05, 0) is 25.0 Å². The Morgan fingerprint density at radius 3 is 2.70 bits per heavy atom. The summed E-state index contributed by atoms with van der Waals surface area (Å²) in [5.74, 6) is -0.965. The van der Waals surface area contributed by atoms with Crippen LogP contribution in [0.4, 0.5) is 4.39 Å². The predicted molar refractivity (Wildman–Crippen MR) is 76.6 cm³/mol. The lowest BCUT2D eigenvalue weighted by atomic mass is 10.2. The maximum Gasteiger partial charge on any atom is 0.245 e. The van der Waals surface area contributed by atoms with E-state index in [0.29, 0.717) is 12.8 Å². The highest BCUT2D eigenvalue weighted by Gasteiger charge is 2.26. The summed E-state index contributed by atoms with van der Waals surface area (Å²) in [6, 6.07) is 2.25. The molecule has 0 spiro atoms. The summed E-state index contributed by atoms with van der Waals surface area (Å²) < 4.78 is 39.7. The molecular formula is C13H17ClFNO3S. The van der Waals surface area contributed by atoms with Crippen molar-refractivity contribution in [2.24, 2.45) is 0 Å². The molecule has 0 unspecified atom stereocenters. The van der Waals surface area contributed by atoms with Gasteiger partial charge in [0.1, 0.15) is 10.7 Å². The lowest BCUT2D eigenvalue weighted by molar-refractivity contribution is 0.274. The van der Waals surface area contributed by atoms with E-state index in [2.05, 4.69) is 6.58 Å². The number of hydrogen-bond donors (Lipinski definition) is 1. The minimum atomic E-state index is -3.98. The number of hydrogen-bond acceptors (Lipinski definition) is 3. The van der Waals surface area contributed by atoms with Crippen LogP contribution in [0.25, 0.3) is 0 Å². The van der Waals surface area contributed by atoms with Crippen LogP contribution in [0.3, 0.4) is 0 Å². The molecule has 1 aromatic rings. The molecule has 7 heteroatoms. The van der Waals surface area contributed by atoms with E-state index in [9.17, 15) is 12.8 Å². The van der Waals surface area contributed by atoms with E-state index in [1.807, 2.05) is 0 Å². The van der Waals surface area contributed by atoms with E-state index in [4.69, 9.17) is 16.7 Å². The van der Waals surface area contributed by atoms with Gasteiger partial charge in [-0.3, -0.25) is 0 Å². The molecule has 0 radical (unpaired) electrons. The third-order valence-electron chi connectivity index (χ3n) is 2.82. The Hall–Kier alpha value is -0.950. The van der Waals surface area contributed by atoms with E-state index >= 15 is 0 Å². The Morgan fingerprint density at radius 1 is 1.50 bits per heavy atom. The monoisotopic (exact) mass is 321 g/mol. The number of rotatable bonds is 7. The van der Waals surface area contributed by atoms with Crippen LogP contribution in [0, 0.1) is 5.82 Å². The van der Waals surface area contributed by atoms with Gasteiger partial charge in [-0.25, -0.2) is 17.1 Å². The zero-order valence-electron chi connectivity index (χ0n) is 11.1. The molecule has 1 aromatic carbocycles. The summed E-state index contributed by atoms with van der Waals surface area (Å²) in [6.07, 6.45) is 2.94. The average molecular weight is 322 g/mol. The maximum absolute atomic E-state index is 14.1. The van der Waals surface area contributed by atoms with Crippen LogP contribution < -0.4 is 0 Å². The lowest BCUT2D eigenvalue weighted by Crippen LogP contribution is -2.29. The topological polar surface area (TPSA) is 57.6 Å². The van der Waals surface area contributed by atoms with Crippen molar-refractivity contribution in [3.63, 3.8) is 0 Å². The minimum Gasteiger partial charge on any atom is -0.392 e. The third-order valence-corrected chi connectivity index (χ3v) is 4.89. The highest BCUT2D eigenvalue weighted by molar-refractivity contribution is 7.89. The molecule has 0 aliphatic rings. The van der Waals surface area contributed by atoms with Gasteiger partial charge in [-0.1, -0.05) is 17.7 Å². The van der Waals surface area contributed by atoms with Crippen molar-refractivity contribution in [2.45, 2.75) is 24.3 Å². The minimum absolute atomic E-state index is 0.0634. The van der Waals surface area contributed by atoms with Gasteiger partial charge in [0.2, 0.25) is 10.0 Å². The zero-order valence-corrected chi connectivity index (χ0v) is 12.7. The molecule has 0 saturated carbocycles. The van der Waals surface area contributed by atoms with Crippen molar-refractivity contribution in [1.82, 2.24) is 4.31 Å². The van der Waals surface area contributed by atoms with Gasteiger partial charge in [0, 0.05) is 24.2 Å². The molecule has 4 nitrogen and oxygen atoms in total. The highest BCUT2D eigenvalue weighted by Crippen LogP contribution is 2.26. The predicted octanol–water partition coefficient (Wildman–Crippen LogP) is 2.56. The number of halogens is 2. The third kappa shape index (κ3) is 3.79. The van der Waals surface area contributed by atoms with Crippen molar-refractivity contribution in [3.05, 3.63) is 41.2 Å². The zero-order chi connectivity index (χ0) is 15.3. The van der Waals surface area contributed by atoms with Crippen LogP contribution in [-0.2, 0) is 16.6 Å². The van der Waals surface area contributed by atoms with Crippen molar-refractivity contribution < 1.29 is 17.9 Å². The van der Waals surface area contributed by atoms with E-state index < -0.39 is 27.3 Å². The van der Waals surface area contributed by atoms with Gasteiger partial charge < -0.3 is 5.11 Å². The van der Waals surface area contributed by atoms with Crippen LogP contribution >= 0.6 is 11.6 Å². The fraction of sp³-hybridized carbons (Fsp3) is 0.385. The van der Waals surface area contributed by atoms with Crippen LogP contribution in [-0.4, -0.2) is 31.4 Å². The normalized spacial score (nSPS) is 11.8.